The lowest BCUT2D eigenvalue weighted by atomic mass is 9.82. The molecule has 1 aliphatic carbocycles. The molecular weight excluding hydrogens is 226 g/mol. The van der Waals surface area contributed by atoms with Crippen molar-refractivity contribution in [2.45, 2.75) is 41.6 Å². The van der Waals surface area contributed by atoms with Crippen LogP contribution in [-0.4, -0.2) is 31.8 Å². The molecule has 0 aliphatic heterocycles. The highest BCUT2D eigenvalue weighted by molar-refractivity contribution is 7.99. The van der Waals surface area contributed by atoms with Crippen LogP contribution in [0.5, 0.6) is 0 Å². The van der Waals surface area contributed by atoms with E-state index in [1.165, 1.54) is 0 Å². The van der Waals surface area contributed by atoms with Crippen LogP contribution >= 0.6 is 11.8 Å². The summed E-state index contributed by atoms with van der Waals surface area (Å²) >= 11 is 1.58. The molecule has 1 fully saturated rings. The summed E-state index contributed by atoms with van der Waals surface area (Å²) in [6, 6.07) is 0. The summed E-state index contributed by atoms with van der Waals surface area (Å²) in [7, 11) is 0. The maximum atomic E-state index is 11.1. The number of aromatic nitrogens is 2. The number of aromatic amines is 1. The minimum atomic E-state index is -1.05. The van der Waals surface area contributed by atoms with Crippen molar-refractivity contribution in [3.05, 3.63) is 12.4 Å². The predicted octanol–water partition coefficient (Wildman–Crippen LogP) is 1.23. The fourth-order valence-corrected chi connectivity index (χ4v) is 3.26. The molecule has 88 valence electrons. The highest BCUT2D eigenvalue weighted by Gasteiger charge is 2.39. The minimum Gasteiger partial charge on any atom is -0.480 e. The lowest BCUT2D eigenvalue weighted by molar-refractivity contribution is -0.144. The van der Waals surface area contributed by atoms with Crippen molar-refractivity contribution in [1.82, 2.24) is 9.97 Å². The Labute approximate surface area is 97.8 Å². The second-order valence-electron chi connectivity index (χ2n) is 4.19. The molecule has 2 rings (SSSR count). The molecule has 4 N–H and O–H groups in total. The van der Waals surface area contributed by atoms with E-state index in [1.54, 1.807) is 24.2 Å². The zero-order valence-corrected chi connectivity index (χ0v) is 9.67. The van der Waals surface area contributed by atoms with Crippen LogP contribution in [0.15, 0.2) is 17.6 Å². The molecule has 1 heterocycles. The Balaban J connectivity index is 1.99. The summed E-state index contributed by atoms with van der Waals surface area (Å²) in [6.45, 7) is 0. The van der Waals surface area contributed by atoms with Crippen molar-refractivity contribution >= 4 is 17.7 Å². The van der Waals surface area contributed by atoms with Crippen LogP contribution in [0.2, 0.25) is 0 Å². The summed E-state index contributed by atoms with van der Waals surface area (Å²) in [5, 5.41) is 10.2. The third-order valence-electron chi connectivity index (χ3n) is 2.92. The lowest BCUT2D eigenvalue weighted by Gasteiger charge is -2.33. The molecule has 6 heteroatoms. The van der Waals surface area contributed by atoms with Gasteiger partial charge in [-0.05, 0) is 25.7 Å². The molecule has 0 aromatic carbocycles. The Morgan fingerprint density at radius 3 is 3.19 bits per heavy atom. The fraction of sp³-hybridized carbons (Fsp3) is 0.600. The number of nitrogens with two attached hydrogens (primary N) is 1. The van der Waals surface area contributed by atoms with Crippen molar-refractivity contribution in [2.75, 3.05) is 0 Å². The number of thioether (sulfide) groups is 1. The first-order valence-corrected chi connectivity index (χ1v) is 6.16. The molecule has 0 spiro atoms. The minimum absolute atomic E-state index is 0.237. The number of aliphatic carboxylic acids is 1. The fourth-order valence-electron chi connectivity index (χ4n) is 2.02. The molecule has 2 unspecified atom stereocenters. The molecular formula is C10H15N3O2S. The van der Waals surface area contributed by atoms with Gasteiger partial charge in [-0.2, -0.15) is 0 Å². The normalized spacial score (nSPS) is 30.2. The van der Waals surface area contributed by atoms with Crippen LogP contribution in [0.25, 0.3) is 0 Å². The molecule has 16 heavy (non-hydrogen) atoms. The van der Waals surface area contributed by atoms with E-state index in [-0.39, 0.29) is 5.25 Å². The van der Waals surface area contributed by atoms with Crippen molar-refractivity contribution in [3.63, 3.8) is 0 Å². The average Bonchev–Trinajstić information content (AvgIpc) is 2.70. The number of H-pyrrole nitrogens is 1. The average molecular weight is 241 g/mol. The van der Waals surface area contributed by atoms with E-state index in [9.17, 15) is 4.79 Å². The first-order valence-electron chi connectivity index (χ1n) is 5.28. The van der Waals surface area contributed by atoms with Crippen LogP contribution in [0.1, 0.15) is 25.7 Å². The Kier molecular flexibility index (Phi) is 3.20. The van der Waals surface area contributed by atoms with Gasteiger partial charge in [0, 0.05) is 17.6 Å². The summed E-state index contributed by atoms with van der Waals surface area (Å²) < 4.78 is 0. The van der Waals surface area contributed by atoms with Gasteiger partial charge in [-0.25, -0.2) is 4.98 Å². The lowest BCUT2D eigenvalue weighted by Crippen LogP contribution is -2.51. The molecule has 1 saturated carbocycles. The number of carboxylic acid groups (broad SMARTS) is 1. The van der Waals surface area contributed by atoms with E-state index in [1.807, 2.05) is 0 Å². The van der Waals surface area contributed by atoms with Gasteiger partial charge >= 0.3 is 5.97 Å². The Bertz CT molecular complexity index is 368. The molecule has 0 bridgehead atoms. The summed E-state index contributed by atoms with van der Waals surface area (Å²) in [5.41, 5.74) is 4.82. The zero-order valence-electron chi connectivity index (χ0n) is 8.85. The Hall–Kier alpha value is -1.01. The Morgan fingerprint density at radius 1 is 1.75 bits per heavy atom. The van der Waals surface area contributed by atoms with E-state index < -0.39 is 11.5 Å². The van der Waals surface area contributed by atoms with Gasteiger partial charge in [-0.1, -0.05) is 11.8 Å². The van der Waals surface area contributed by atoms with E-state index in [0.717, 1.165) is 18.0 Å². The number of hydrogen-bond acceptors (Lipinski definition) is 4. The van der Waals surface area contributed by atoms with Crippen LogP contribution in [0.4, 0.5) is 0 Å². The maximum absolute atomic E-state index is 11.1. The highest BCUT2D eigenvalue weighted by atomic mass is 32.2. The van der Waals surface area contributed by atoms with Gasteiger partial charge in [-0.15, -0.1) is 0 Å². The van der Waals surface area contributed by atoms with Gasteiger partial charge in [0.25, 0.3) is 0 Å². The highest BCUT2D eigenvalue weighted by Crippen LogP contribution is 2.36. The first kappa shape index (κ1) is 11.5. The van der Waals surface area contributed by atoms with Gasteiger partial charge in [-0.3, -0.25) is 4.79 Å². The van der Waals surface area contributed by atoms with E-state index in [4.69, 9.17) is 10.8 Å². The van der Waals surface area contributed by atoms with Crippen LogP contribution in [-0.2, 0) is 4.79 Å². The molecule has 1 aromatic heterocycles. The van der Waals surface area contributed by atoms with Gasteiger partial charge < -0.3 is 15.8 Å². The number of carbonyl (C=O) groups is 1. The third kappa shape index (κ3) is 2.38. The molecule has 0 amide bonds. The third-order valence-corrected chi connectivity index (χ3v) is 4.10. The van der Waals surface area contributed by atoms with Gasteiger partial charge in [0.2, 0.25) is 0 Å². The molecule has 5 nitrogen and oxygen atoms in total. The molecule has 1 aromatic rings. The van der Waals surface area contributed by atoms with Crippen LogP contribution in [0.3, 0.4) is 0 Å². The van der Waals surface area contributed by atoms with Crippen molar-refractivity contribution in [3.8, 4) is 0 Å². The van der Waals surface area contributed by atoms with Gasteiger partial charge in [0.15, 0.2) is 5.16 Å². The van der Waals surface area contributed by atoms with Crippen LogP contribution in [0, 0.1) is 0 Å². The van der Waals surface area contributed by atoms with Gasteiger partial charge in [0.1, 0.15) is 5.54 Å². The monoisotopic (exact) mass is 241 g/mol. The quantitative estimate of drug-likeness (QED) is 0.740. The molecule has 1 aliphatic rings. The van der Waals surface area contributed by atoms with E-state index >= 15 is 0 Å². The summed E-state index contributed by atoms with van der Waals surface area (Å²) in [5.74, 6) is -0.891. The summed E-state index contributed by atoms with van der Waals surface area (Å²) in [6.07, 6.45) is 6.39. The maximum Gasteiger partial charge on any atom is 0.323 e. The molecule has 2 atom stereocenters. The number of nitrogens with zero attached hydrogens (tertiary/aromatic N) is 1. The smallest absolute Gasteiger partial charge is 0.323 e. The van der Waals surface area contributed by atoms with Crippen molar-refractivity contribution in [1.29, 1.82) is 0 Å². The standard InChI is InChI=1S/C10H15N3O2S/c11-10(8(14)15)3-1-2-7(6-10)16-9-12-4-5-13-9/h4-5,7H,1-3,6,11H2,(H,12,13)(H,14,15). The molecule has 0 saturated heterocycles. The second kappa shape index (κ2) is 4.47. The van der Waals surface area contributed by atoms with Crippen molar-refractivity contribution in [2.24, 2.45) is 5.73 Å². The molecule has 0 radical (unpaired) electrons. The number of imidazole rings is 1. The van der Waals surface area contributed by atoms with Crippen molar-refractivity contribution < 1.29 is 9.90 Å². The number of rotatable bonds is 3. The summed E-state index contributed by atoms with van der Waals surface area (Å²) in [4.78, 5) is 18.2. The predicted molar refractivity (Wildman–Crippen MR) is 61.3 cm³/mol. The SMILES string of the molecule is NC1(C(=O)O)CCCC(Sc2ncc[nH]2)C1. The second-order valence-corrected chi connectivity index (χ2v) is 5.48. The van der Waals surface area contributed by atoms with E-state index in [2.05, 4.69) is 9.97 Å². The Morgan fingerprint density at radius 2 is 2.56 bits per heavy atom. The number of nitrogens with one attached hydrogen (secondary N) is 1. The largest absolute Gasteiger partial charge is 0.480 e. The van der Waals surface area contributed by atoms with E-state index in [0.29, 0.717) is 12.8 Å². The van der Waals surface area contributed by atoms with Gasteiger partial charge in [0.05, 0.1) is 0 Å². The van der Waals surface area contributed by atoms with Crippen LogP contribution < -0.4 is 5.73 Å². The first-order chi connectivity index (χ1) is 7.60. The number of carboxylic acids is 1. The zero-order chi connectivity index (χ0) is 11.6. The number of hydrogen-bond donors (Lipinski definition) is 3. The topological polar surface area (TPSA) is 92.0 Å².